The van der Waals surface area contributed by atoms with Gasteiger partial charge in [-0.25, -0.2) is 9.31 Å². The molecule has 0 aliphatic carbocycles. The van der Waals surface area contributed by atoms with Gasteiger partial charge in [-0.15, -0.1) is 5.10 Å². The van der Waals surface area contributed by atoms with Gasteiger partial charge in [0.2, 0.25) is 5.95 Å². The number of esters is 1. The lowest BCUT2D eigenvalue weighted by molar-refractivity contribution is 0.0601. The zero-order valence-electron chi connectivity index (χ0n) is 12.9. The van der Waals surface area contributed by atoms with Crippen molar-refractivity contribution in [3.8, 4) is 11.3 Å². The first-order valence-electron chi connectivity index (χ1n) is 7.11. The summed E-state index contributed by atoms with van der Waals surface area (Å²) in [6.07, 6.45) is 0. The standard InChI is InChI=1S/C16H17N5O2/c1-18-9-10-4-3-5-11(6-10)13-7-12(15(22)23-2)8-14-19-16(17)20-21(13)14/h3-8,18H,9H2,1-2H3,(H2,17,20). The second-order valence-corrected chi connectivity index (χ2v) is 5.09. The number of hydrogen-bond donors (Lipinski definition) is 2. The van der Waals surface area contributed by atoms with Crippen LogP contribution in [0.2, 0.25) is 0 Å². The average molecular weight is 311 g/mol. The van der Waals surface area contributed by atoms with Crippen LogP contribution in [0.25, 0.3) is 16.9 Å². The van der Waals surface area contributed by atoms with Crippen LogP contribution >= 0.6 is 0 Å². The predicted octanol–water partition coefficient (Wildman–Crippen LogP) is 1.48. The molecule has 2 aromatic heterocycles. The smallest absolute Gasteiger partial charge is 0.338 e. The minimum absolute atomic E-state index is 0.152. The fourth-order valence-electron chi connectivity index (χ4n) is 2.49. The van der Waals surface area contributed by atoms with Crippen molar-refractivity contribution >= 4 is 17.6 Å². The highest BCUT2D eigenvalue weighted by Gasteiger charge is 2.14. The Balaban J connectivity index is 2.22. The highest BCUT2D eigenvalue weighted by Crippen LogP contribution is 2.24. The topological polar surface area (TPSA) is 94.5 Å². The zero-order valence-corrected chi connectivity index (χ0v) is 12.9. The third kappa shape index (κ3) is 2.86. The van der Waals surface area contributed by atoms with Crippen LogP contribution in [-0.2, 0) is 11.3 Å². The van der Waals surface area contributed by atoms with Crippen molar-refractivity contribution in [1.29, 1.82) is 0 Å². The molecule has 0 bridgehead atoms. The quantitative estimate of drug-likeness (QED) is 0.709. The predicted molar refractivity (Wildman–Crippen MR) is 86.9 cm³/mol. The summed E-state index contributed by atoms with van der Waals surface area (Å²) in [4.78, 5) is 16.0. The van der Waals surface area contributed by atoms with Gasteiger partial charge in [0.15, 0.2) is 5.65 Å². The van der Waals surface area contributed by atoms with Gasteiger partial charge >= 0.3 is 5.97 Å². The van der Waals surface area contributed by atoms with Gasteiger partial charge in [-0.2, -0.15) is 4.98 Å². The number of anilines is 1. The number of benzene rings is 1. The highest BCUT2D eigenvalue weighted by molar-refractivity contribution is 5.92. The van der Waals surface area contributed by atoms with Crippen molar-refractivity contribution in [3.05, 3.63) is 47.5 Å². The summed E-state index contributed by atoms with van der Waals surface area (Å²) >= 11 is 0. The molecule has 0 amide bonds. The maximum atomic E-state index is 11.9. The van der Waals surface area contributed by atoms with E-state index in [1.807, 2.05) is 31.3 Å². The number of nitrogens with two attached hydrogens (primary N) is 1. The van der Waals surface area contributed by atoms with Gasteiger partial charge in [-0.1, -0.05) is 18.2 Å². The number of carbonyl (C=O) groups is 1. The summed E-state index contributed by atoms with van der Waals surface area (Å²) in [5.41, 5.74) is 9.37. The van der Waals surface area contributed by atoms with Crippen LogP contribution in [0.5, 0.6) is 0 Å². The van der Waals surface area contributed by atoms with Crippen LogP contribution in [0, 0.1) is 0 Å². The number of nitrogens with one attached hydrogen (secondary N) is 1. The van der Waals surface area contributed by atoms with Crippen molar-refractivity contribution < 1.29 is 9.53 Å². The molecule has 0 saturated heterocycles. The molecule has 7 heteroatoms. The van der Waals surface area contributed by atoms with E-state index >= 15 is 0 Å². The number of pyridine rings is 1. The Hall–Kier alpha value is -2.93. The Morgan fingerprint density at radius 2 is 2.17 bits per heavy atom. The van der Waals surface area contributed by atoms with Gasteiger partial charge in [0.05, 0.1) is 18.4 Å². The average Bonchev–Trinajstić information content (AvgIpc) is 2.93. The van der Waals surface area contributed by atoms with E-state index in [1.165, 1.54) is 7.11 Å². The van der Waals surface area contributed by atoms with Crippen LogP contribution in [0.15, 0.2) is 36.4 Å². The molecule has 3 aromatic rings. The third-order valence-corrected chi connectivity index (χ3v) is 3.48. The molecule has 1 aromatic carbocycles. The second kappa shape index (κ2) is 6.05. The van der Waals surface area contributed by atoms with E-state index in [1.54, 1.807) is 16.6 Å². The molecule has 0 aliphatic heterocycles. The number of nitrogens with zero attached hydrogens (tertiary/aromatic N) is 3. The van der Waals surface area contributed by atoms with E-state index in [-0.39, 0.29) is 5.95 Å². The van der Waals surface area contributed by atoms with Crippen molar-refractivity contribution in [3.63, 3.8) is 0 Å². The van der Waals surface area contributed by atoms with Gasteiger partial charge < -0.3 is 15.8 Å². The molecule has 0 unspecified atom stereocenters. The highest BCUT2D eigenvalue weighted by atomic mass is 16.5. The number of carbonyl (C=O) groups excluding carboxylic acids is 1. The molecule has 118 valence electrons. The zero-order chi connectivity index (χ0) is 16.4. The number of fused-ring (bicyclic) bond motifs is 1. The van der Waals surface area contributed by atoms with Crippen molar-refractivity contribution in [2.45, 2.75) is 6.54 Å². The second-order valence-electron chi connectivity index (χ2n) is 5.09. The van der Waals surface area contributed by atoms with Crippen LogP contribution in [0.4, 0.5) is 5.95 Å². The molecule has 0 saturated carbocycles. The summed E-state index contributed by atoms with van der Waals surface area (Å²) in [6.45, 7) is 0.743. The molecular formula is C16H17N5O2. The third-order valence-electron chi connectivity index (χ3n) is 3.48. The van der Waals surface area contributed by atoms with Crippen LogP contribution in [0.3, 0.4) is 0 Å². The van der Waals surface area contributed by atoms with Crippen LogP contribution < -0.4 is 11.1 Å². The minimum Gasteiger partial charge on any atom is -0.465 e. The van der Waals surface area contributed by atoms with Gasteiger partial charge in [0.1, 0.15) is 0 Å². The number of aromatic nitrogens is 3. The molecule has 0 radical (unpaired) electrons. The lowest BCUT2D eigenvalue weighted by Gasteiger charge is -2.09. The number of ether oxygens (including phenoxy) is 1. The maximum Gasteiger partial charge on any atom is 0.338 e. The van der Waals surface area contributed by atoms with E-state index in [9.17, 15) is 4.79 Å². The molecular weight excluding hydrogens is 294 g/mol. The van der Waals surface area contributed by atoms with E-state index in [0.717, 1.165) is 23.4 Å². The van der Waals surface area contributed by atoms with Crippen LogP contribution in [0.1, 0.15) is 15.9 Å². The SMILES string of the molecule is CNCc1cccc(-c2cc(C(=O)OC)cc3nc(N)nn23)c1. The van der Waals surface area contributed by atoms with E-state index in [0.29, 0.717) is 11.2 Å². The van der Waals surface area contributed by atoms with Crippen LogP contribution in [-0.4, -0.2) is 34.7 Å². The van der Waals surface area contributed by atoms with E-state index < -0.39 is 5.97 Å². The number of methoxy groups -OCH3 is 1. The van der Waals surface area contributed by atoms with Gasteiger partial charge in [0.25, 0.3) is 0 Å². The van der Waals surface area contributed by atoms with E-state index in [4.69, 9.17) is 10.5 Å². The lowest BCUT2D eigenvalue weighted by atomic mass is 10.1. The molecule has 0 fully saturated rings. The Labute approximate surface area is 133 Å². The molecule has 0 aliphatic rings. The molecule has 3 rings (SSSR count). The van der Waals surface area contributed by atoms with Crippen molar-refractivity contribution in [1.82, 2.24) is 19.9 Å². The monoisotopic (exact) mass is 311 g/mol. The Morgan fingerprint density at radius 1 is 1.35 bits per heavy atom. The fourth-order valence-corrected chi connectivity index (χ4v) is 2.49. The number of rotatable bonds is 4. The summed E-state index contributed by atoms with van der Waals surface area (Å²) in [5.74, 6) is -0.277. The summed E-state index contributed by atoms with van der Waals surface area (Å²) in [7, 11) is 3.23. The Bertz CT molecular complexity index is 872. The summed E-state index contributed by atoms with van der Waals surface area (Å²) in [6, 6.07) is 11.3. The van der Waals surface area contributed by atoms with Gasteiger partial charge in [-0.3, -0.25) is 0 Å². The first-order valence-corrected chi connectivity index (χ1v) is 7.11. The van der Waals surface area contributed by atoms with Crippen molar-refractivity contribution in [2.24, 2.45) is 0 Å². The Morgan fingerprint density at radius 3 is 2.91 bits per heavy atom. The molecule has 23 heavy (non-hydrogen) atoms. The largest absolute Gasteiger partial charge is 0.465 e. The summed E-state index contributed by atoms with van der Waals surface area (Å²) in [5, 5.41) is 7.32. The molecule has 0 spiro atoms. The summed E-state index contributed by atoms with van der Waals surface area (Å²) < 4.78 is 6.43. The van der Waals surface area contributed by atoms with Gasteiger partial charge in [0, 0.05) is 12.1 Å². The maximum absolute atomic E-state index is 11.9. The minimum atomic E-state index is -0.429. The molecule has 2 heterocycles. The first kappa shape index (κ1) is 15.0. The Kier molecular flexibility index (Phi) is 3.94. The first-order chi connectivity index (χ1) is 11.1. The molecule has 7 nitrogen and oxygen atoms in total. The number of nitrogen functional groups attached to an aromatic ring is 1. The molecule has 3 N–H and O–H groups in total. The number of hydrogen-bond acceptors (Lipinski definition) is 6. The molecule has 0 atom stereocenters. The normalized spacial score (nSPS) is 10.9. The van der Waals surface area contributed by atoms with E-state index in [2.05, 4.69) is 15.4 Å². The van der Waals surface area contributed by atoms with Gasteiger partial charge in [-0.05, 0) is 30.8 Å². The fraction of sp³-hybridized carbons (Fsp3) is 0.188. The lowest BCUT2D eigenvalue weighted by Crippen LogP contribution is -2.06. The van der Waals surface area contributed by atoms with Crippen molar-refractivity contribution in [2.75, 3.05) is 19.9 Å².